The maximum absolute atomic E-state index is 12.5. The molecule has 0 atom stereocenters. The summed E-state index contributed by atoms with van der Waals surface area (Å²) in [6.07, 6.45) is 5.46. The van der Waals surface area contributed by atoms with E-state index in [1.165, 1.54) is 22.8 Å². The number of aromatic nitrogens is 3. The second kappa shape index (κ2) is 5.21. The van der Waals surface area contributed by atoms with Crippen molar-refractivity contribution in [1.29, 1.82) is 0 Å². The average Bonchev–Trinajstić information content (AvgIpc) is 2.94. The average molecular weight is 357 g/mol. The molecule has 4 rings (SSSR count). The number of hydrogen-bond donors (Lipinski definition) is 1. The minimum absolute atomic E-state index is 0.0666. The summed E-state index contributed by atoms with van der Waals surface area (Å²) in [6.45, 7) is 1.29. The first-order valence-electron chi connectivity index (χ1n) is 7.07. The van der Waals surface area contributed by atoms with Gasteiger partial charge in [-0.2, -0.15) is 0 Å². The summed E-state index contributed by atoms with van der Waals surface area (Å²) in [5.74, 6) is -0.0666. The van der Waals surface area contributed by atoms with Crippen molar-refractivity contribution in [2.24, 2.45) is 0 Å². The SMILES string of the molecule is O=C(c1cnccn1)N1CCc2[nH]c3c(Br)cccc3c2C1. The van der Waals surface area contributed by atoms with E-state index in [2.05, 4.69) is 36.9 Å². The first kappa shape index (κ1) is 13.5. The summed E-state index contributed by atoms with van der Waals surface area (Å²) in [5.41, 5.74) is 3.90. The minimum Gasteiger partial charge on any atom is -0.357 e. The molecule has 1 aliphatic heterocycles. The zero-order valence-corrected chi connectivity index (χ0v) is 13.3. The molecule has 1 N–H and O–H groups in total. The molecule has 3 heterocycles. The largest absolute Gasteiger partial charge is 0.357 e. The van der Waals surface area contributed by atoms with Crippen molar-refractivity contribution in [3.63, 3.8) is 0 Å². The van der Waals surface area contributed by atoms with Gasteiger partial charge in [-0.15, -0.1) is 0 Å². The van der Waals surface area contributed by atoms with Crippen LogP contribution in [-0.4, -0.2) is 32.3 Å². The zero-order chi connectivity index (χ0) is 15.1. The number of hydrogen-bond acceptors (Lipinski definition) is 3. The van der Waals surface area contributed by atoms with Crippen molar-refractivity contribution in [3.8, 4) is 0 Å². The molecule has 0 aliphatic carbocycles. The van der Waals surface area contributed by atoms with Crippen molar-refractivity contribution in [1.82, 2.24) is 19.9 Å². The van der Waals surface area contributed by atoms with Gasteiger partial charge >= 0.3 is 0 Å². The third-order valence-corrected chi connectivity index (χ3v) is 4.69. The van der Waals surface area contributed by atoms with E-state index in [0.29, 0.717) is 18.8 Å². The van der Waals surface area contributed by atoms with Crippen molar-refractivity contribution < 1.29 is 4.79 Å². The van der Waals surface area contributed by atoms with Crippen LogP contribution in [0.15, 0.2) is 41.3 Å². The summed E-state index contributed by atoms with van der Waals surface area (Å²) in [5, 5.41) is 1.17. The quantitative estimate of drug-likeness (QED) is 0.729. The van der Waals surface area contributed by atoms with Gasteiger partial charge in [-0.05, 0) is 22.0 Å². The van der Waals surface area contributed by atoms with Crippen LogP contribution in [0, 0.1) is 0 Å². The van der Waals surface area contributed by atoms with Gasteiger partial charge in [0.15, 0.2) is 0 Å². The highest BCUT2D eigenvalue weighted by Crippen LogP contribution is 2.32. The van der Waals surface area contributed by atoms with Gasteiger partial charge in [0.05, 0.1) is 11.7 Å². The molecule has 0 spiro atoms. The van der Waals surface area contributed by atoms with Crippen LogP contribution >= 0.6 is 15.9 Å². The van der Waals surface area contributed by atoms with Crippen LogP contribution < -0.4 is 0 Å². The summed E-state index contributed by atoms with van der Waals surface area (Å²) < 4.78 is 1.05. The number of carbonyl (C=O) groups excluding carboxylic acids is 1. The molecule has 6 heteroatoms. The molecule has 0 saturated heterocycles. The smallest absolute Gasteiger partial charge is 0.274 e. The summed E-state index contributed by atoms with van der Waals surface area (Å²) in [6, 6.07) is 6.13. The maximum atomic E-state index is 12.5. The molecule has 0 saturated carbocycles. The van der Waals surface area contributed by atoms with E-state index in [9.17, 15) is 4.79 Å². The lowest BCUT2D eigenvalue weighted by Gasteiger charge is -2.26. The number of fused-ring (bicyclic) bond motifs is 3. The number of halogens is 1. The molecule has 22 heavy (non-hydrogen) atoms. The second-order valence-electron chi connectivity index (χ2n) is 5.31. The van der Waals surface area contributed by atoms with Crippen LogP contribution in [0.25, 0.3) is 10.9 Å². The molecule has 0 unspecified atom stereocenters. The Bertz CT molecular complexity index is 859. The fraction of sp³-hybridized carbons (Fsp3) is 0.188. The Labute approximate surface area is 135 Å². The molecule has 2 aromatic heterocycles. The number of aromatic amines is 1. The molecule has 1 amide bonds. The second-order valence-corrected chi connectivity index (χ2v) is 6.17. The van der Waals surface area contributed by atoms with Gasteiger partial charge in [0.1, 0.15) is 5.69 Å². The number of benzene rings is 1. The predicted molar refractivity (Wildman–Crippen MR) is 86.5 cm³/mol. The van der Waals surface area contributed by atoms with E-state index in [4.69, 9.17) is 0 Å². The van der Waals surface area contributed by atoms with Gasteiger partial charge in [0.2, 0.25) is 0 Å². The number of H-pyrrole nitrogens is 1. The van der Waals surface area contributed by atoms with E-state index in [1.54, 1.807) is 12.4 Å². The first-order valence-corrected chi connectivity index (χ1v) is 7.86. The van der Waals surface area contributed by atoms with Gasteiger partial charge in [0.25, 0.3) is 5.91 Å². The van der Waals surface area contributed by atoms with Gasteiger partial charge in [-0.1, -0.05) is 12.1 Å². The van der Waals surface area contributed by atoms with E-state index in [1.807, 2.05) is 17.0 Å². The Morgan fingerprint density at radius 2 is 2.23 bits per heavy atom. The fourth-order valence-electron chi connectivity index (χ4n) is 2.95. The number of rotatable bonds is 1. The van der Waals surface area contributed by atoms with Gasteiger partial charge in [0, 0.05) is 53.0 Å². The van der Waals surface area contributed by atoms with Crippen molar-refractivity contribution >= 4 is 32.7 Å². The number of nitrogens with one attached hydrogen (secondary N) is 1. The van der Waals surface area contributed by atoms with Crippen LogP contribution in [-0.2, 0) is 13.0 Å². The molecule has 0 fully saturated rings. The molecule has 1 aromatic carbocycles. The van der Waals surface area contributed by atoms with Gasteiger partial charge < -0.3 is 9.88 Å². The highest BCUT2D eigenvalue weighted by atomic mass is 79.9. The van der Waals surface area contributed by atoms with Crippen molar-refractivity contribution in [3.05, 3.63) is 58.2 Å². The Morgan fingerprint density at radius 1 is 1.32 bits per heavy atom. The van der Waals surface area contributed by atoms with Crippen LogP contribution in [0.2, 0.25) is 0 Å². The molecule has 0 radical (unpaired) electrons. The Morgan fingerprint density at radius 3 is 3.05 bits per heavy atom. The normalized spacial score (nSPS) is 14.1. The number of nitrogens with zero attached hydrogens (tertiary/aromatic N) is 3. The molecular weight excluding hydrogens is 344 g/mol. The van der Waals surface area contributed by atoms with E-state index in [0.717, 1.165) is 16.4 Å². The van der Waals surface area contributed by atoms with Gasteiger partial charge in [-0.3, -0.25) is 9.78 Å². The Balaban J connectivity index is 1.71. The van der Waals surface area contributed by atoms with Crippen molar-refractivity contribution in [2.75, 3.05) is 6.54 Å². The summed E-state index contributed by atoms with van der Waals surface area (Å²) in [4.78, 5) is 25.9. The number of carbonyl (C=O) groups is 1. The lowest BCUT2D eigenvalue weighted by atomic mass is 10.0. The van der Waals surface area contributed by atoms with Crippen molar-refractivity contribution in [2.45, 2.75) is 13.0 Å². The predicted octanol–water partition coefficient (Wildman–Crippen LogP) is 2.92. The monoisotopic (exact) mass is 356 g/mol. The number of para-hydroxylation sites is 1. The molecular formula is C16H13BrN4O. The van der Waals surface area contributed by atoms with Crippen LogP contribution in [0.3, 0.4) is 0 Å². The molecule has 0 bridgehead atoms. The van der Waals surface area contributed by atoms with E-state index in [-0.39, 0.29) is 5.91 Å². The Kier molecular flexibility index (Phi) is 3.18. The lowest BCUT2D eigenvalue weighted by Crippen LogP contribution is -2.36. The zero-order valence-electron chi connectivity index (χ0n) is 11.7. The highest BCUT2D eigenvalue weighted by Gasteiger charge is 2.25. The molecule has 110 valence electrons. The molecule has 1 aliphatic rings. The lowest BCUT2D eigenvalue weighted by molar-refractivity contribution is 0.0728. The first-order chi connectivity index (χ1) is 10.7. The fourth-order valence-corrected chi connectivity index (χ4v) is 3.41. The van der Waals surface area contributed by atoms with Gasteiger partial charge in [-0.25, -0.2) is 4.98 Å². The Hall–Kier alpha value is -2.21. The van der Waals surface area contributed by atoms with Crippen LogP contribution in [0.1, 0.15) is 21.7 Å². The highest BCUT2D eigenvalue weighted by molar-refractivity contribution is 9.10. The summed E-state index contributed by atoms with van der Waals surface area (Å²) >= 11 is 3.57. The minimum atomic E-state index is -0.0666. The van der Waals surface area contributed by atoms with Crippen LogP contribution in [0.5, 0.6) is 0 Å². The molecule has 3 aromatic rings. The maximum Gasteiger partial charge on any atom is 0.274 e. The molecule has 5 nitrogen and oxygen atoms in total. The third-order valence-electron chi connectivity index (χ3n) is 4.03. The van der Waals surface area contributed by atoms with Crippen LogP contribution in [0.4, 0.5) is 0 Å². The van der Waals surface area contributed by atoms with E-state index < -0.39 is 0 Å². The topological polar surface area (TPSA) is 61.9 Å². The standard InChI is InChI=1S/C16H13BrN4O/c17-12-3-1-2-10-11-9-21(7-4-13(11)20-15(10)12)16(22)14-8-18-5-6-19-14/h1-3,5-6,8,20H,4,7,9H2. The number of amides is 1. The summed E-state index contributed by atoms with van der Waals surface area (Å²) in [7, 11) is 0. The third kappa shape index (κ3) is 2.11. The van der Waals surface area contributed by atoms with E-state index >= 15 is 0 Å².